The number of hydrogen-bond donors (Lipinski definition) is 2. The predicted octanol–water partition coefficient (Wildman–Crippen LogP) is 6.79. The molecule has 5 rings (SSSR count). The van der Waals surface area contributed by atoms with Crippen LogP contribution in [0.2, 0.25) is 0 Å². The summed E-state index contributed by atoms with van der Waals surface area (Å²) in [6, 6.07) is 26.3. The van der Waals surface area contributed by atoms with Gasteiger partial charge in [0.15, 0.2) is 0 Å². The van der Waals surface area contributed by atoms with Gasteiger partial charge in [0.25, 0.3) is 10.0 Å². The highest BCUT2D eigenvalue weighted by molar-refractivity contribution is 7.94. The van der Waals surface area contributed by atoms with Crippen molar-refractivity contribution in [2.24, 2.45) is 0 Å². The molecule has 6 heteroatoms. The lowest BCUT2D eigenvalue weighted by molar-refractivity contribution is 0.483. The van der Waals surface area contributed by atoms with Gasteiger partial charge < -0.3 is 5.11 Å². The summed E-state index contributed by atoms with van der Waals surface area (Å²) in [5.74, 6) is 0.129. The lowest BCUT2D eigenvalue weighted by Crippen LogP contribution is -2.12. The number of hydrogen-bond acceptors (Lipinski definition) is 4. The molecule has 160 valence electrons. The fourth-order valence-electron chi connectivity index (χ4n) is 4.00. The number of aromatic hydroxyl groups is 1. The fourth-order valence-corrected chi connectivity index (χ4v) is 6.36. The van der Waals surface area contributed by atoms with Gasteiger partial charge in [0.05, 0.1) is 5.69 Å². The molecule has 4 nitrogen and oxygen atoms in total. The summed E-state index contributed by atoms with van der Waals surface area (Å²) in [5.41, 5.74) is 1.86. The number of benzene rings is 4. The first-order valence-corrected chi connectivity index (χ1v) is 12.6. The SMILES string of the molecule is CCc1ccc(S(=O)(=O)Nc2cc(-c3cccc4ccccc34)c(O)c3ccccc23)s1. The van der Waals surface area contributed by atoms with Crippen LogP contribution in [0, 0.1) is 0 Å². The lowest BCUT2D eigenvalue weighted by atomic mass is 9.94. The van der Waals surface area contributed by atoms with E-state index in [1.165, 1.54) is 11.3 Å². The molecule has 1 heterocycles. The highest BCUT2D eigenvalue weighted by Gasteiger charge is 2.21. The van der Waals surface area contributed by atoms with Crippen molar-refractivity contribution < 1.29 is 13.5 Å². The number of phenols is 1. The van der Waals surface area contributed by atoms with Crippen LogP contribution < -0.4 is 4.72 Å². The van der Waals surface area contributed by atoms with Crippen LogP contribution in [0.1, 0.15) is 11.8 Å². The van der Waals surface area contributed by atoms with Gasteiger partial charge in [-0.2, -0.15) is 0 Å². The molecule has 0 bridgehead atoms. The number of fused-ring (bicyclic) bond motifs is 2. The molecule has 5 aromatic rings. The number of aryl methyl sites for hydroxylation is 1. The first-order valence-electron chi connectivity index (χ1n) is 10.3. The molecule has 0 amide bonds. The quantitative estimate of drug-likeness (QED) is 0.284. The first-order chi connectivity index (χ1) is 15.5. The minimum absolute atomic E-state index is 0.129. The summed E-state index contributed by atoms with van der Waals surface area (Å²) in [4.78, 5) is 1.01. The van der Waals surface area contributed by atoms with E-state index in [2.05, 4.69) is 4.72 Å². The Morgan fingerprint density at radius 1 is 0.812 bits per heavy atom. The van der Waals surface area contributed by atoms with Gasteiger partial charge in [-0.1, -0.05) is 73.7 Å². The van der Waals surface area contributed by atoms with Crippen molar-refractivity contribution in [2.45, 2.75) is 17.6 Å². The summed E-state index contributed by atoms with van der Waals surface area (Å²) >= 11 is 1.27. The Hall–Kier alpha value is -3.35. The van der Waals surface area contributed by atoms with E-state index in [1.54, 1.807) is 18.2 Å². The van der Waals surface area contributed by atoms with E-state index in [4.69, 9.17) is 0 Å². The molecular formula is C26H21NO3S2. The zero-order valence-electron chi connectivity index (χ0n) is 17.4. The van der Waals surface area contributed by atoms with Crippen LogP contribution in [-0.2, 0) is 16.4 Å². The predicted molar refractivity (Wildman–Crippen MR) is 133 cm³/mol. The highest BCUT2D eigenvalue weighted by Crippen LogP contribution is 2.43. The van der Waals surface area contributed by atoms with Crippen molar-refractivity contribution in [2.75, 3.05) is 4.72 Å². The maximum absolute atomic E-state index is 13.2. The zero-order valence-corrected chi connectivity index (χ0v) is 19.0. The van der Waals surface area contributed by atoms with Gasteiger partial charge in [0.1, 0.15) is 9.96 Å². The lowest BCUT2D eigenvalue weighted by Gasteiger charge is -2.16. The van der Waals surface area contributed by atoms with Crippen molar-refractivity contribution in [3.05, 3.63) is 89.8 Å². The molecule has 2 N–H and O–H groups in total. The standard InChI is InChI=1S/C26H21NO3S2/c1-2-18-14-15-25(31-18)32(29,30)27-24-16-23(26(28)22-12-6-5-11-21(22)24)20-13-7-9-17-8-3-4-10-19(17)20/h3-16,27-28H,2H2,1H3. The Morgan fingerprint density at radius 3 is 2.25 bits per heavy atom. The van der Waals surface area contributed by atoms with Gasteiger partial charge in [-0.15, -0.1) is 11.3 Å². The van der Waals surface area contributed by atoms with Gasteiger partial charge in [-0.3, -0.25) is 4.72 Å². The van der Waals surface area contributed by atoms with E-state index >= 15 is 0 Å². The summed E-state index contributed by atoms with van der Waals surface area (Å²) in [6.07, 6.45) is 0.785. The van der Waals surface area contributed by atoms with Crippen LogP contribution in [0.5, 0.6) is 5.75 Å². The van der Waals surface area contributed by atoms with Crippen molar-refractivity contribution in [1.29, 1.82) is 0 Å². The maximum Gasteiger partial charge on any atom is 0.271 e. The molecule has 0 spiro atoms. The van der Waals surface area contributed by atoms with Crippen LogP contribution >= 0.6 is 11.3 Å². The third-order valence-electron chi connectivity index (χ3n) is 5.59. The Labute approximate surface area is 190 Å². The summed E-state index contributed by atoms with van der Waals surface area (Å²) < 4.78 is 29.4. The molecule has 0 atom stereocenters. The second-order valence-electron chi connectivity index (χ2n) is 7.57. The Kier molecular flexibility index (Phi) is 5.12. The van der Waals surface area contributed by atoms with Gasteiger partial charge in [-0.25, -0.2) is 8.42 Å². The van der Waals surface area contributed by atoms with Crippen LogP contribution in [-0.4, -0.2) is 13.5 Å². The maximum atomic E-state index is 13.2. The van der Waals surface area contributed by atoms with Gasteiger partial charge in [0, 0.05) is 21.2 Å². The third-order valence-corrected chi connectivity index (χ3v) is 8.68. The molecule has 1 aromatic heterocycles. The number of phenolic OH excluding ortho intramolecular Hbond substituents is 1. The van der Waals surface area contributed by atoms with Crippen molar-refractivity contribution in [3.8, 4) is 16.9 Å². The second-order valence-corrected chi connectivity index (χ2v) is 10.6. The van der Waals surface area contributed by atoms with E-state index in [0.717, 1.165) is 27.6 Å². The van der Waals surface area contributed by atoms with Gasteiger partial charge in [0.2, 0.25) is 0 Å². The smallest absolute Gasteiger partial charge is 0.271 e. The second kappa shape index (κ2) is 7.97. The van der Waals surface area contributed by atoms with Crippen molar-refractivity contribution in [3.63, 3.8) is 0 Å². The van der Waals surface area contributed by atoms with E-state index in [0.29, 0.717) is 22.0 Å². The van der Waals surface area contributed by atoms with Crippen LogP contribution in [0.4, 0.5) is 5.69 Å². The minimum atomic E-state index is -3.76. The molecular weight excluding hydrogens is 438 g/mol. The number of nitrogens with one attached hydrogen (secondary N) is 1. The minimum Gasteiger partial charge on any atom is -0.507 e. The van der Waals surface area contributed by atoms with E-state index in [1.807, 2.05) is 73.7 Å². The molecule has 32 heavy (non-hydrogen) atoms. The van der Waals surface area contributed by atoms with Crippen LogP contribution in [0.3, 0.4) is 0 Å². The largest absolute Gasteiger partial charge is 0.507 e. The monoisotopic (exact) mass is 459 g/mol. The van der Waals surface area contributed by atoms with Crippen molar-refractivity contribution in [1.82, 2.24) is 0 Å². The molecule has 0 fully saturated rings. The Morgan fingerprint density at radius 2 is 1.50 bits per heavy atom. The molecule has 0 radical (unpaired) electrons. The number of rotatable bonds is 5. The third kappa shape index (κ3) is 3.51. The average molecular weight is 460 g/mol. The van der Waals surface area contributed by atoms with Crippen LogP contribution in [0.15, 0.2) is 89.1 Å². The molecule has 4 aromatic carbocycles. The molecule has 0 aliphatic carbocycles. The molecule has 0 aliphatic heterocycles. The van der Waals surface area contributed by atoms with E-state index in [9.17, 15) is 13.5 Å². The molecule has 0 unspecified atom stereocenters. The van der Waals surface area contributed by atoms with Gasteiger partial charge >= 0.3 is 0 Å². The van der Waals surface area contributed by atoms with E-state index < -0.39 is 10.0 Å². The Balaban J connectivity index is 1.72. The average Bonchev–Trinajstić information content (AvgIpc) is 3.31. The molecule has 0 aliphatic rings. The normalized spacial score (nSPS) is 11.8. The summed E-state index contributed by atoms with van der Waals surface area (Å²) in [7, 11) is -3.76. The Bertz CT molecular complexity index is 1560. The summed E-state index contributed by atoms with van der Waals surface area (Å²) in [6.45, 7) is 2.00. The molecule has 0 saturated carbocycles. The van der Waals surface area contributed by atoms with Gasteiger partial charge in [-0.05, 0) is 41.0 Å². The zero-order chi connectivity index (χ0) is 22.3. The number of sulfonamides is 1. The molecule has 0 saturated heterocycles. The van der Waals surface area contributed by atoms with Crippen LogP contribution in [0.25, 0.3) is 32.7 Å². The fraction of sp³-hybridized carbons (Fsp3) is 0.0769. The van der Waals surface area contributed by atoms with E-state index in [-0.39, 0.29) is 9.96 Å². The first kappa shape index (κ1) is 20.5. The topological polar surface area (TPSA) is 66.4 Å². The number of thiophene rings is 1. The number of anilines is 1. The summed E-state index contributed by atoms with van der Waals surface area (Å²) in [5, 5.41) is 14.4. The highest BCUT2D eigenvalue weighted by atomic mass is 32.2. The van der Waals surface area contributed by atoms with Crippen molar-refractivity contribution >= 4 is 48.6 Å².